The summed E-state index contributed by atoms with van der Waals surface area (Å²) >= 11 is 0. The number of hydrogen-bond donors (Lipinski definition) is 1. The maximum Gasteiger partial charge on any atom is 0.222 e. The van der Waals surface area contributed by atoms with E-state index in [1.807, 2.05) is 11.8 Å². The van der Waals surface area contributed by atoms with Gasteiger partial charge in [-0.05, 0) is 26.2 Å². The van der Waals surface area contributed by atoms with Gasteiger partial charge in [0.2, 0.25) is 5.91 Å². The van der Waals surface area contributed by atoms with E-state index in [-0.39, 0.29) is 11.9 Å². The fourth-order valence-corrected chi connectivity index (χ4v) is 2.43. The largest absolute Gasteiger partial charge is 0.388 e. The molecule has 2 rings (SSSR count). The Balaban J connectivity index is 2.21. The molecule has 2 fully saturated rings. The molecule has 0 spiro atoms. The molecule has 2 aliphatic heterocycles. The Morgan fingerprint density at radius 3 is 3.08 bits per heavy atom. The summed E-state index contributed by atoms with van der Waals surface area (Å²) in [5, 5.41) is 9.97. The first kappa shape index (κ1) is 8.05. The topological polar surface area (TPSA) is 40.5 Å². The van der Waals surface area contributed by atoms with Gasteiger partial charge in [-0.3, -0.25) is 4.79 Å². The van der Waals surface area contributed by atoms with Crippen LogP contribution in [0.15, 0.2) is 0 Å². The number of fused-ring (bicyclic) bond motifs is 1. The van der Waals surface area contributed by atoms with Gasteiger partial charge in [-0.2, -0.15) is 0 Å². The van der Waals surface area contributed by atoms with Crippen LogP contribution in [0.4, 0.5) is 0 Å². The third-order valence-corrected chi connectivity index (χ3v) is 3.13. The lowest BCUT2D eigenvalue weighted by molar-refractivity contribution is -0.136. The van der Waals surface area contributed by atoms with Crippen LogP contribution in [0.5, 0.6) is 0 Å². The average molecular weight is 169 g/mol. The Morgan fingerprint density at radius 2 is 2.42 bits per heavy atom. The van der Waals surface area contributed by atoms with Crippen molar-refractivity contribution in [3.05, 3.63) is 0 Å². The Labute approximate surface area is 72.4 Å². The van der Waals surface area contributed by atoms with Crippen LogP contribution in [-0.2, 0) is 4.79 Å². The van der Waals surface area contributed by atoms with Crippen LogP contribution >= 0.6 is 0 Å². The molecule has 12 heavy (non-hydrogen) atoms. The highest BCUT2D eigenvalue weighted by Gasteiger charge is 2.44. The molecule has 1 amide bonds. The molecule has 0 saturated carbocycles. The Morgan fingerprint density at radius 1 is 1.67 bits per heavy atom. The number of hydrogen-bond acceptors (Lipinski definition) is 2. The van der Waals surface area contributed by atoms with Gasteiger partial charge in [-0.1, -0.05) is 0 Å². The van der Waals surface area contributed by atoms with Gasteiger partial charge < -0.3 is 10.0 Å². The van der Waals surface area contributed by atoms with Crippen LogP contribution in [-0.4, -0.2) is 34.1 Å². The van der Waals surface area contributed by atoms with Crippen LogP contribution in [0.3, 0.4) is 0 Å². The molecule has 2 atom stereocenters. The van der Waals surface area contributed by atoms with Crippen molar-refractivity contribution in [3.63, 3.8) is 0 Å². The summed E-state index contributed by atoms with van der Waals surface area (Å²) in [6.45, 7) is 2.70. The fourth-order valence-electron chi connectivity index (χ4n) is 2.43. The SMILES string of the molecule is C[C@@]1(O)CCCN2C(=O)CC[C@H]21. The van der Waals surface area contributed by atoms with E-state index in [0.29, 0.717) is 6.42 Å². The zero-order valence-corrected chi connectivity index (χ0v) is 7.42. The van der Waals surface area contributed by atoms with Gasteiger partial charge in [0.05, 0.1) is 11.6 Å². The van der Waals surface area contributed by atoms with Crippen molar-refractivity contribution in [2.24, 2.45) is 0 Å². The van der Waals surface area contributed by atoms with Crippen LogP contribution in [0.25, 0.3) is 0 Å². The summed E-state index contributed by atoms with van der Waals surface area (Å²) in [7, 11) is 0. The van der Waals surface area contributed by atoms with Crippen LogP contribution in [0.1, 0.15) is 32.6 Å². The number of amides is 1. The second kappa shape index (κ2) is 2.46. The summed E-state index contributed by atoms with van der Waals surface area (Å²) in [5.41, 5.74) is -0.635. The minimum Gasteiger partial charge on any atom is -0.388 e. The molecule has 2 heterocycles. The molecule has 0 unspecified atom stereocenters. The monoisotopic (exact) mass is 169 g/mol. The summed E-state index contributed by atoms with van der Waals surface area (Å²) in [5.74, 6) is 0.222. The first-order valence-electron chi connectivity index (χ1n) is 4.63. The highest BCUT2D eigenvalue weighted by molar-refractivity contribution is 5.79. The van der Waals surface area contributed by atoms with Gasteiger partial charge in [0, 0.05) is 13.0 Å². The predicted molar refractivity (Wildman–Crippen MR) is 44.6 cm³/mol. The first-order valence-corrected chi connectivity index (χ1v) is 4.63. The Bertz CT molecular complexity index is 213. The zero-order chi connectivity index (χ0) is 8.77. The molecule has 1 N–H and O–H groups in total. The molecule has 0 aliphatic carbocycles. The molecule has 3 heteroatoms. The lowest BCUT2D eigenvalue weighted by atomic mass is 9.86. The summed E-state index contributed by atoms with van der Waals surface area (Å²) in [4.78, 5) is 13.2. The highest BCUT2D eigenvalue weighted by Crippen LogP contribution is 2.34. The Kier molecular flexibility index (Phi) is 1.65. The van der Waals surface area contributed by atoms with Gasteiger partial charge >= 0.3 is 0 Å². The van der Waals surface area contributed by atoms with Crippen molar-refractivity contribution in [3.8, 4) is 0 Å². The maximum atomic E-state index is 11.3. The van der Waals surface area contributed by atoms with Crippen LogP contribution < -0.4 is 0 Å². The summed E-state index contributed by atoms with van der Waals surface area (Å²) in [6, 6.07) is 0.0961. The van der Waals surface area contributed by atoms with Gasteiger partial charge in [0.1, 0.15) is 0 Å². The fraction of sp³-hybridized carbons (Fsp3) is 0.889. The van der Waals surface area contributed by atoms with Crippen molar-refractivity contribution in [2.75, 3.05) is 6.54 Å². The number of piperidine rings is 1. The quantitative estimate of drug-likeness (QED) is 0.574. The molecule has 68 valence electrons. The van der Waals surface area contributed by atoms with Crippen molar-refractivity contribution in [1.29, 1.82) is 0 Å². The van der Waals surface area contributed by atoms with Crippen molar-refractivity contribution < 1.29 is 9.90 Å². The second-order valence-electron chi connectivity index (χ2n) is 4.10. The lowest BCUT2D eigenvalue weighted by Crippen LogP contribution is -2.53. The molecule has 2 saturated heterocycles. The van der Waals surface area contributed by atoms with E-state index in [1.165, 1.54) is 0 Å². The minimum atomic E-state index is -0.635. The molecular weight excluding hydrogens is 154 g/mol. The molecule has 0 aromatic rings. The maximum absolute atomic E-state index is 11.3. The number of carbonyl (C=O) groups is 1. The van der Waals surface area contributed by atoms with E-state index in [4.69, 9.17) is 0 Å². The van der Waals surface area contributed by atoms with E-state index in [9.17, 15) is 9.90 Å². The van der Waals surface area contributed by atoms with E-state index in [0.717, 1.165) is 25.8 Å². The number of carbonyl (C=O) groups excluding carboxylic acids is 1. The van der Waals surface area contributed by atoms with Crippen molar-refractivity contribution in [2.45, 2.75) is 44.2 Å². The molecule has 2 aliphatic rings. The second-order valence-corrected chi connectivity index (χ2v) is 4.10. The molecule has 0 aromatic heterocycles. The van der Waals surface area contributed by atoms with Gasteiger partial charge in [0.25, 0.3) is 0 Å². The standard InChI is InChI=1S/C9H15NO2/c1-9(12)5-2-6-10-7(9)3-4-8(10)11/h7,12H,2-6H2,1H3/t7-,9+/m0/s1. The van der Waals surface area contributed by atoms with E-state index in [2.05, 4.69) is 0 Å². The normalized spacial score (nSPS) is 41.7. The highest BCUT2D eigenvalue weighted by atomic mass is 16.3. The number of nitrogens with zero attached hydrogens (tertiary/aromatic N) is 1. The molecule has 3 nitrogen and oxygen atoms in total. The van der Waals surface area contributed by atoms with E-state index in [1.54, 1.807) is 0 Å². The van der Waals surface area contributed by atoms with Crippen LogP contribution in [0.2, 0.25) is 0 Å². The van der Waals surface area contributed by atoms with Gasteiger partial charge in [-0.25, -0.2) is 0 Å². The van der Waals surface area contributed by atoms with Gasteiger partial charge in [0.15, 0.2) is 0 Å². The lowest BCUT2D eigenvalue weighted by Gasteiger charge is -2.41. The smallest absolute Gasteiger partial charge is 0.222 e. The minimum absolute atomic E-state index is 0.0961. The average Bonchev–Trinajstić information content (AvgIpc) is 2.33. The van der Waals surface area contributed by atoms with E-state index < -0.39 is 5.60 Å². The summed E-state index contributed by atoms with van der Waals surface area (Å²) in [6.07, 6.45) is 3.24. The molecule has 0 bridgehead atoms. The molecular formula is C9H15NO2. The van der Waals surface area contributed by atoms with Crippen molar-refractivity contribution in [1.82, 2.24) is 4.90 Å². The van der Waals surface area contributed by atoms with Crippen molar-refractivity contribution >= 4 is 5.91 Å². The zero-order valence-electron chi connectivity index (χ0n) is 7.42. The number of rotatable bonds is 0. The third kappa shape index (κ3) is 1.04. The van der Waals surface area contributed by atoms with Gasteiger partial charge in [-0.15, -0.1) is 0 Å². The summed E-state index contributed by atoms with van der Waals surface area (Å²) < 4.78 is 0. The molecule has 0 aromatic carbocycles. The Hall–Kier alpha value is -0.570. The predicted octanol–water partition coefficient (Wildman–Crippen LogP) is 0.522. The van der Waals surface area contributed by atoms with E-state index >= 15 is 0 Å². The first-order chi connectivity index (χ1) is 5.61. The van der Waals surface area contributed by atoms with Crippen LogP contribution in [0, 0.1) is 0 Å². The molecule has 0 radical (unpaired) electrons. The number of aliphatic hydroxyl groups is 1. The third-order valence-electron chi connectivity index (χ3n) is 3.13.